The number of carbonyl (C=O) groups is 1. The molecule has 0 N–H and O–H groups in total. The summed E-state index contributed by atoms with van der Waals surface area (Å²) in [6, 6.07) is 28.1. The largest absolute Gasteiger partial charge is 0.315 e. The summed E-state index contributed by atoms with van der Waals surface area (Å²) in [6.07, 6.45) is 0.684. The molecule has 132 valence electrons. The molecule has 1 amide bonds. The predicted octanol–water partition coefficient (Wildman–Crippen LogP) is 4.53. The van der Waals surface area contributed by atoms with Crippen molar-refractivity contribution in [3.63, 3.8) is 0 Å². The number of benzene rings is 3. The number of amides is 1. The number of rotatable bonds is 3. The average molecular weight is 352 g/mol. The molecular formula is C24H20N2O. The van der Waals surface area contributed by atoms with Gasteiger partial charge in [0.05, 0.1) is 17.6 Å². The van der Waals surface area contributed by atoms with Crippen molar-refractivity contribution in [3.8, 4) is 6.07 Å². The van der Waals surface area contributed by atoms with Crippen LogP contribution in [0, 0.1) is 17.2 Å². The zero-order valence-corrected chi connectivity index (χ0v) is 15.2. The van der Waals surface area contributed by atoms with Crippen LogP contribution in [0.1, 0.15) is 28.2 Å². The van der Waals surface area contributed by atoms with Gasteiger partial charge in [-0.1, -0.05) is 60.7 Å². The normalized spacial score (nSPS) is 18.7. The van der Waals surface area contributed by atoms with Gasteiger partial charge < -0.3 is 4.90 Å². The van der Waals surface area contributed by atoms with E-state index in [0.29, 0.717) is 12.0 Å². The lowest BCUT2D eigenvalue weighted by Crippen LogP contribution is -2.42. The molecule has 0 fully saturated rings. The van der Waals surface area contributed by atoms with Crippen LogP contribution in [0.4, 0.5) is 5.69 Å². The predicted molar refractivity (Wildman–Crippen MR) is 106 cm³/mol. The highest BCUT2D eigenvalue weighted by atomic mass is 16.2. The number of anilines is 1. The quantitative estimate of drug-likeness (QED) is 0.695. The van der Waals surface area contributed by atoms with Crippen molar-refractivity contribution < 1.29 is 4.79 Å². The van der Waals surface area contributed by atoms with Crippen LogP contribution in [-0.2, 0) is 11.2 Å². The molecule has 3 aromatic carbocycles. The van der Waals surface area contributed by atoms with Crippen LogP contribution in [0.5, 0.6) is 0 Å². The number of para-hydroxylation sites is 1. The summed E-state index contributed by atoms with van der Waals surface area (Å²) < 4.78 is 0. The third-order valence-electron chi connectivity index (χ3n) is 5.38. The topological polar surface area (TPSA) is 44.1 Å². The maximum Gasteiger partial charge on any atom is 0.231 e. The highest BCUT2D eigenvalue weighted by molar-refractivity contribution is 5.99. The molecule has 0 bridgehead atoms. The van der Waals surface area contributed by atoms with Crippen molar-refractivity contribution in [2.45, 2.75) is 12.3 Å². The van der Waals surface area contributed by atoms with Gasteiger partial charge in [-0.15, -0.1) is 0 Å². The van der Waals surface area contributed by atoms with E-state index in [9.17, 15) is 4.79 Å². The first-order chi connectivity index (χ1) is 13.2. The summed E-state index contributed by atoms with van der Waals surface area (Å²) in [5.41, 5.74) is 4.98. The van der Waals surface area contributed by atoms with Gasteiger partial charge in [-0.3, -0.25) is 4.79 Å². The third kappa shape index (κ3) is 3.11. The van der Waals surface area contributed by atoms with Gasteiger partial charge >= 0.3 is 0 Å². The van der Waals surface area contributed by atoms with Gasteiger partial charge in [0.15, 0.2) is 0 Å². The number of fused-ring (bicyclic) bond motifs is 1. The van der Waals surface area contributed by atoms with E-state index in [-0.39, 0.29) is 17.7 Å². The second kappa shape index (κ2) is 7.09. The zero-order valence-electron chi connectivity index (χ0n) is 15.2. The van der Waals surface area contributed by atoms with Gasteiger partial charge in [-0.25, -0.2) is 0 Å². The fourth-order valence-corrected chi connectivity index (χ4v) is 4.03. The van der Waals surface area contributed by atoms with Crippen LogP contribution < -0.4 is 4.90 Å². The second-order valence-corrected chi connectivity index (χ2v) is 6.96. The van der Waals surface area contributed by atoms with Gasteiger partial charge in [0.25, 0.3) is 0 Å². The van der Waals surface area contributed by atoms with E-state index in [1.807, 2.05) is 67.7 Å². The van der Waals surface area contributed by atoms with Crippen molar-refractivity contribution in [1.82, 2.24) is 0 Å². The monoisotopic (exact) mass is 352 g/mol. The Balaban J connectivity index is 1.83. The zero-order chi connectivity index (χ0) is 18.8. The molecule has 0 radical (unpaired) electrons. The SMILES string of the molecule is CN1C(=O)C(Cc2ccccc2)C(c2ccc(C#N)cc2)c2ccccc21. The van der Waals surface area contributed by atoms with Gasteiger partial charge in [0, 0.05) is 18.7 Å². The minimum Gasteiger partial charge on any atom is -0.315 e. The average Bonchev–Trinajstić information content (AvgIpc) is 2.73. The first kappa shape index (κ1) is 17.1. The first-order valence-electron chi connectivity index (χ1n) is 9.09. The first-order valence-corrected chi connectivity index (χ1v) is 9.09. The molecule has 1 aliphatic rings. The Hall–Kier alpha value is -3.38. The van der Waals surface area contributed by atoms with E-state index in [0.717, 1.165) is 22.4 Å². The molecule has 0 saturated carbocycles. The van der Waals surface area contributed by atoms with Crippen molar-refractivity contribution in [2.75, 3.05) is 11.9 Å². The molecular weight excluding hydrogens is 332 g/mol. The van der Waals surface area contributed by atoms with Crippen molar-refractivity contribution in [2.24, 2.45) is 5.92 Å². The lowest BCUT2D eigenvalue weighted by Gasteiger charge is -2.38. The van der Waals surface area contributed by atoms with Gasteiger partial charge in [0.1, 0.15) is 0 Å². The minimum absolute atomic E-state index is 0.0298. The summed E-state index contributed by atoms with van der Waals surface area (Å²) >= 11 is 0. The maximum atomic E-state index is 13.3. The molecule has 3 aromatic rings. The van der Waals surface area contributed by atoms with Crippen molar-refractivity contribution in [3.05, 3.63) is 101 Å². The van der Waals surface area contributed by atoms with E-state index in [4.69, 9.17) is 5.26 Å². The summed E-state index contributed by atoms with van der Waals surface area (Å²) in [6.45, 7) is 0. The number of nitrogens with zero attached hydrogens (tertiary/aromatic N) is 2. The van der Waals surface area contributed by atoms with Crippen LogP contribution in [0.2, 0.25) is 0 Å². The molecule has 1 heterocycles. The standard InChI is InChI=1S/C24H20N2O/c1-26-22-10-6-5-9-20(22)23(19-13-11-18(16-25)12-14-19)21(24(26)27)15-17-7-3-2-4-8-17/h2-14,21,23H,15H2,1H3. The summed E-state index contributed by atoms with van der Waals surface area (Å²) in [4.78, 5) is 15.1. The number of hydrogen-bond acceptors (Lipinski definition) is 2. The van der Waals surface area contributed by atoms with Gasteiger partial charge in [0.2, 0.25) is 5.91 Å². The number of carbonyl (C=O) groups excluding carboxylic acids is 1. The Morgan fingerprint density at radius 2 is 1.59 bits per heavy atom. The van der Waals surface area contributed by atoms with E-state index in [1.54, 1.807) is 4.90 Å². The molecule has 3 nitrogen and oxygen atoms in total. The van der Waals surface area contributed by atoms with Crippen LogP contribution in [-0.4, -0.2) is 13.0 Å². The maximum absolute atomic E-state index is 13.3. The molecule has 2 unspecified atom stereocenters. The summed E-state index contributed by atoms with van der Waals surface area (Å²) in [5, 5.41) is 9.11. The molecule has 2 atom stereocenters. The molecule has 0 spiro atoms. The van der Waals surface area contributed by atoms with Crippen LogP contribution in [0.3, 0.4) is 0 Å². The minimum atomic E-state index is -0.180. The Labute approximate surface area is 159 Å². The van der Waals surface area contributed by atoms with E-state index in [2.05, 4.69) is 24.3 Å². The number of nitriles is 1. The lowest BCUT2D eigenvalue weighted by atomic mass is 9.74. The Kier molecular flexibility index (Phi) is 4.48. The molecule has 1 aliphatic heterocycles. The van der Waals surface area contributed by atoms with Gasteiger partial charge in [-0.05, 0) is 41.3 Å². The molecule has 0 saturated heterocycles. The third-order valence-corrected chi connectivity index (χ3v) is 5.38. The molecule has 27 heavy (non-hydrogen) atoms. The highest BCUT2D eigenvalue weighted by Gasteiger charge is 2.39. The summed E-state index contributed by atoms with van der Waals surface area (Å²) in [7, 11) is 1.86. The van der Waals surface area contributed by atoms with E-state index >= 15 is 0 Å². The molecule has 4 rings (SSSR count). The second-order valence-electron chi connectivity index (χ2n) is 6.96. The van der Waals surface area contributed by atoms with Crippen molar-refractivity contribution >= 4 is 11.6 Å². The number of hydrogen-bond donors (Lipinski definition) is 0. The summed E-state index contributed by atoms with van der Waals surface area (Å²) in [5.74, 6) is -0.0787. The van der Waals surface area contributed by atoms with Gasteiger partial charge in [-0.2, -0.15) is 5.26 Å². The fraction of sp³-hybridized carbons (Fsp3) is 0.167. The molecule has 0 aliphatic carbocycles. The fourth-order valence-electron chi connectivity index (χ4n) is 4.03. The van der Waals surface area contributed by atoms with Crippen LogP contribution >= 0.6 is 0 Å². The van der Waals surface area contributed by atoms with Crippen LogP contribution in [0.25, 0.3) is 0 Å². The Bertz CT molecular complexity index is 1000. The Morgan fingerprint density at radius 3 is 2.30 bits per heavy atom. The van der Waals surface area contributed by atoms with E-state index in [1.165, 1.54) is 0 Å². The molecule has 0 aromatic heterocycles. The van der Waals surface area contributed by atoms with E-state index < -0.39 is 0 Å². The lowest BCUT2D eigenvalue weighted by molar-refractivity contribution is -0.123. The van der Waals surface area contributed by atoms with Crippen LogP contribution in [0.15, 0.2) is 78.9 Å². The highest BCUT2D eigenvalue weighted by Crippen LogP contribution is 2.44. The smallest absolute Gasteiger partial charge is 0.231 e. The van der Waals surface area contributed by atoms with Crippen molar-refractivity contribution in [1.29, 1.82) is 5.26 Å². The molecule has 3 heteroatoms. The Morgan fingerprint density at radius 1 is 0.926 bits per heavy atom.